The van der Waals surface area contributed by atoms with Crippen LogP contribution >= 0.6 is 0 Å². The van der Waals surface area contributed by atoms with E-state index in [-0.39, 0.29) is 17.9 Å². The highest BCUT2D eigenvalue weighted by atomic mass is 16.4. The number of hydrogen-bond donors (Lipinski definition) is 2. The Morgan fingerprint density at radius 1 is 1.36 bits per heavy atom. The lowest BCUT2D eigenvalue weighted by atomic mass is 9.88. The highest BCUT2D eigenvalue weighted by Crippen LogP contribution is 2.28. The van der Waals surface area contributed by atoms with Gasteiger partial charge in [0.15, 0.2) is 0 Å². The van der Waals surface area contributed by atoms with Crippen LogP contribution in [0.2, 0.25) is 6.32 Å². The number of hydrogen-bond acceptors (Lipinski definition) is 3. The van der Waals surface area contributed by atoms with Gasteiger partial charge in [-0.15, -0.1) is 0 Å². The molecular formula is C17H25BN2O2. The van der Waals surface area contributed by atoms with Crippen molar-refractivity contribution >= 4 is 13.8 Å². The van der Waals surface area contributed by atoms with Crippen LogP contribution in [0.1, 0.15) is 18.4 Å². The van der Waals surface area contributed by atoms with Gasteiger partial charge in [-0.05, 0) is 24.3 Å². The zero-order chi connectivity index (χ0) is 15.9. The van der Waals surface area contributed by atoms with E-state index in [1.165, 1.54) is 5.56 Å². The maximum atomic E-state index is 11.4. The molecular weight excluding hydrogens is 275 g/mol. The molecule has 1 fully saturated rings. The van der Waals surface area contributed by atoms with E-state index in [1.807, 2.05) is 18.2 Å². The predicted molar refractivity (Wildman–Crippen MR) is 89.0 cm³/mol. The summed E-state index contributed by atoms with van der Waals surface area (Å²) in [5.74, 6) is -0.776. The molecule has 0 spiro atoms. The van der Waals surface area contributed by atoms with Crippen LogP contribution in [0.4, 0.5) is 0 Å². The summed E-state index contributed by atoms with van der Waals surface area (Å²) in [6.45, 7) is 2.17. The van der Waals surface area contributed by atoms with E-state index in [0.717, 1.165) is 32.4 Å². The number of carboxylic acids is 1. The Hall–Kier alpha value is -1.33. The summed E-state index contributed by atoms with van der Waals surface area (Å²) in [6.07, 6.45) is 3.22. The molecule has 1 aliphatic rings. The van der Waals surface area contributed by atoms with Crippen LogP contribution in [-0.4, -0.2) is 49.5 Å². The molecule has 4 nitrogen and oxygen atoms in total. The number of nitrogens with two attached hydrogens (primary N) is 1. The number of benzene rings is 1. The third kappa shape index (κ3) is 4.85. The molecule has 3 atom stereocenters. The molecule has 3 N–H and O–H groups in total. The molecule has 1 heterocycles. The molecule has 0 bridgehead atoms. The molecule has 118 valence electrons. The zero-order valence-corrected chi connectivity index (χ0v) is 13.0. The molecule has 1 aliphatic heterocycles. The number of rotatable bonds is 8. The molecule has 5 heteroatoms. The maximum absolute atomic E-state index is 11.4. The standard InChI is InChI=1S/C17H25BN2O2/c18-8-4-7-14-10-20(12-16(14)17(21)22)11-15(19)9-13-5-2-1-3-6-13/h1-3,5-6,14-16H,4,7-12,19H2,(H,21,22). The molecule has 0 aromatic heterocycles. The van der Waals surface area contributed by atoms with Gasteiger partial charge in [-0.3, -0.25) is 4.79 Å². The van der Waals surface area contributed by atoms with Crippen molar-refractivity contribution in [2.75, 3.05) is 19.6 Å². The topological polar surface area (TPSA) is 66.6 Å². The second kappa shape index (κ2) is 8.35. The van der Waals surface area contributed by atoms with Gasteiger partial charge in [0.25, 0.3) is 0 Å². The van der Waals surface area contributed by atoms with Crippen molar-refractivity contribution in [3.8, 4) is 0 Å². The third-order valence-corrected chi connectivity index (χ3v) is 4.45. The van der Waals surface area contributed by atoms with Crippen LogP contribution in [0.15, 0.2) is 30.3 Å². The van der Waals surface area contributed by atoms with Gasteiger partial charge in [-0.1, -0.05) is 43.1 Å². The fourth-order valence-electron chi connectivity index (χ4n) is 3.38. The van der Waals surface area contributed by atoms with Gasteiger partial charge in [-0.25, -0.2) is 0 Å². The minimum atomic E-state index is -0.693. The molecule has 1 aromatic rings. The molecule has 0 amide bonds. The van der Waals surface area contributed by atoms with Crippen LogP contribution in [0.25, 0.3) is 0 Å². The van der Waals surface area contributed by atoms with Crippen LogP contribution in [0, 0.1) is 11.8 Å². The summed E-state index contributed by atoms with van der Waals surface area (Å²) in [6, 6.07) is 10.2. The molecule has 0 saturated carbocycles. The van der Waals surface area contributed by atoms with Crippen LogP contribution in [0.3, 0.4) is 0 Å². The number of likely N-dealkylation sites (tertiary alicyclic amines) is 1. The summed E-state index contributed by atoms with van der Waals surface area (Å²) in [4.78, 5) is 13.6. The van der Waals surface area contributed by atoms with Crippen molar-refractivity contribution in [1.82, 2.24) is 4.90 Å². The van der Waals surface area contributed by atoms with Gasteiger partial charge in [0.05, 0.1) is 13.8 Å². The normalized spacial score (nSPS) is 23.5. The summed E-state index contributed by atoms with van der Waals surface area (Å²) in [5.41, 5.74) is 7.47. The van der Waals surface area contributed by atoms with Crippen molar-refractivity contribution in [3.05, 3.63) is 35.9 Å². The van der Waals surface area contributed by atoms with Gasteiger partial charge >= 0.3 is 5.97 Å². The fourth-order valence-corrected chi connectivity index (χ4v) is 3.38. The monoisotopic (exact) mass is 300 g/mol. The summed E-state index contributed by atoms with van der Waals surface area (Å²) >= 11 is 0. The van der Waals surface area contributed by atoms with Crippen molar-refractivity contribution in [1.29, 1.82) is 0 Å². The Balaban J connectivity index is 1.86. The average Bonchev–Trinajstić information content (AvgIpc) is 2.89. The second-order valence-corrected chi connectivity index (χ2v) is 6.30. The van der Waals surface area contributed by atoms with E-state index < -0.39 is 5.97 Å². The van der Waals surface area contributed by atoms with Crippen LogP contribution in [-0.2, 0) is 11.2 Å². The van der Waals surface area contributed by atoms with Gasteiger partial charge in [0, 0.05) is 25.7 Å². The van der Waals surface area contributed by atoms with Crippen LogP contribution < -0.4 is 5.73 Å². The third-order valence-electron chi connectivity index (χ3n) is 4.45. The maximum Gasteiger partial charge on any atom is 0.308 e. The highest BCUT2D eigenvalue weighted by molar-refractivity contribution is 6.08. The van der Waals surface area contributed by atoms with Gasteiger partial charge in [0.2, 0.25) is 0 Å². The first-order valence-corrected chi connectivity index (χ1v) is 8.05. The lowest BCUT2D eigenvalue weighted by Gasteiger charge is -2.21. The van der Waals surface area contributed by atoms with Crippen molar-refractivity contribution < 1.29 is 9.90 Å². The highest BCUT2D eigenvalue weighted by Gasteiger charge is 2.37. The van der Waals surface area contributed by atoms with Crippen LogP contribution in [0.5, 0.6) is 0 Å². The van der Waals surface area contributed by atoms with Crippen molar-refractivity contribution in [3.63, 3.8) is 0 Å². The first kappa shape index (κ1) is 17.0. The van der Waals surface area contributed by atoms with Gasteiger partial charge in [0.1, 0.15) is 0 Å². The van der Waals surface area contributed by atoms with Crippen molar-refractivity contribution in [2.45, 2.75) is 31.6 Å². The summed E-state index contributed by atoms with van der Waals surface area (Å²) < 4.78 is 0. The van der Waals surface area contributed by atoms with E-state index in [2.05, 4.69) is 17.0 Å². The average molecular weight is 300 g/mol. The number of nitrogens with zero attached hydrogens (tertiary/aromatic N) is 1. The second-order valence-electron chi connectivity index (χ2n) is 6.30. The predicted octanol–water partition coefficient (Wildman–Crippen LogP) is 1.56. The largest absolute Gasteiger partial charge is 0.481 e. The first-order chi connectivity index (χ1) is 10.6. The Bertz CT molecular complexity index is 469. The minimum Gasteiger partial charge on any atom is -0.481 e. The Labute approximate surface area is 134 Å². The SMILES string of the molecule is [B]CCCC1CN(CC(N)Cc2ccccc2)CC1C(=O)O. The molecule has 1 aromatic carbocycles. The first-order valence-electron chi connectivity index (χ1n) is 8.05. The Morgan fingerprint density at radius 2 is 2.09 bits per heavy atom. The molecule has 2 rings (SSSR count). The number of aliphatic carboxylic acids is 1. The van der Waals surface area contributed by atoms with E-state index in [1.54, 1.807) is 0 Å². The fraction of sp³-hybridized carbons (Fsp3) is 0.588. The Morgan fingerprint density at radius 3 is 2.73 bits per heavy atom. The van der Waals surface area contributed by atoms with Gasteiger partial charge < -0.3 is 15.7 Å². The molecule has 3 unspecified atom stereocenters. The van der Waals surface area contributed by atoms with E-state index in [4.69, 9.17) is 13.6 Å². The molecule has 1 saturated heterocycles. The zero-order valence-electron chi connectivity index (χ0n) is 13.0. The molecule has 0 aliphatic carbocycles. The smallest absolute Gasteiger partial charge is 0.308 e. The van der Waals surface area contributed by atoms with E-state index >= 15 is 0 Å². The van der Waals surface area contributed by atoms with Gasteiger partial charge in [-0.2, -0.15) is 0 Å². The Kier molecular flexibility index (Phi) is 6.46. The lowest BCUT2D eigenvalue weighted by Crippen LogP contribution is -2.38. The lowest BCUT2D eigenvalue weighted by molar-refractivity contribution is -0.142. The minimum absolute atomic E-state index is 0.0325. The molecule has 2 radical (unpaired) electrons. The number of carboxylic acid groups (broad SMARTS) is 1. The van der Waals surface area contributed by atoms with E-state index in [0.29, 0.717) is 12.9 Å². The summed E-state index contributed by atoms with van der Waals surface area (Å²) in [5, 5.41) is 9.38. The quantitative estimate of drug-likeness (QED) is 0.715. The number of carbonyl (C=O) groups is 1. The molecule has 22 heavy (non-hydrogen) atoms. The van der Waals surface area contributed by atoms with Crippen molar-refractivity contribution in [2.24, 2.45) is 17.6 Å². The summed E-state index contributed by atoms with van der Waals surface area (Å²) in [7, 11) is 5.55. The van der Waals surface area contributed by atoms with E-state index in [9.17, 15) is 9.90 Å².